The molecule has 0 radical (unpaired) electrons. The van der Waals surface area contributed by atoms with Crippen molar-refractivity contribution < 1.29 is 14.3 Å². The van der Waals surface area contributed by atoms with Crippen molar-refractivity contribution in [1.29, 1.82) is 0 Å². The molecule has 1 saturated heterocycles. The third kappa shape index (κ3) is 3.99. The first-order chi connectivity index (χ1) is 9.70. The van der Waals surface area contributed by atoms with Crippen molar-refractivity contribution in [3.05, 3.63) is 35.1 Å². The van der Waals surface area contributed by atoms with E-state index in [0.29, 0.717) is 17.4 Å². The van der Waals surface area contributed by atoms with Gasteiger partial charge in [-0.05, 0) is 36.8 Å². The molecular weight excluding hydrogens is 277 g/mol. The molecule has 1 atom stereocenters. The average Bonchev–Trinajstić information content (AvgIpc) is 2.96. The van der Waals surface area contributed by atoms with Crippen LogP contribution in [0, 0.1) is 17.7 Å². The molecule has 0 aromatic heterocycles. The maximum Gasteiger partial charge on any atom is 0.252 e. The number of carbonyl (C=O) groups is 1. The molecule has 20 heavy (non-hydrogen) atoms. The largest absolute Gasteiger partial charge is 0.384 e. The predicted molar refractivity (Wildman–Crippen MR) is 78.2 cm³/mol. The molecule has 0 bridgehead atoms. The van der Waals surface area contributed by atoms with E-state index in [9.17, 15) is 9.18 Å². The van der Waals surface area contributed by atoms with Crippen LogP contribution in [0.3, 0.4) is 0 Å². The minimum atomic E-state index is -0.472. The maximum atomic E-state index is 13.3. The number of rotatable bonds is 3. The molecule has 2 N–H and O–H groups in total. The van der Waals surface area contributed by atoms with E-state index in [2.05, 4.69) is 17.2 Å². The minimum Gasteiger partial charge on any atom is -0.384 e. The smallest absolute Gasteiger partial charge is 0.252 e. The van der Waals surface area contributed by atoms with Crippen LogP contribution in [0.4, 0.5) is 4.39 Å². The number of benzene rings is 1. The highest BCUT2D eigenvalue weighted by atomic mass is 32.2. The van der Waals surface area contributed by atoms with Gasteiger partial charge < -0.3 is 10.4 Å². The number of carbonyl (C=O) groups excluding carboxylic acids is 1. The van der Waals surface area contributed by atoms with Crippen LogP contribution in [0.25, 0.3) is 0 Å². The number of hydrogen-bond donors (Lipinski definition) is 2. The van der Waals surface area contributed by atoms with Gasteiger partial charge in [0.2, 0.25) is 0 Å². The van der Waals surface area contributed by atoms with E-state index >= 15 is 0 Å². The molecule has 106 valence electrons. The Balaban J connectivity index is 2.08. The van der Waals surface area contributed by atoms with Crippen molar-refractivity contribution in [2.24, 2.45) is 0 Å². The summed E-state index contributed by atoms with van der Waals surface area (Å²) in [5.74, 6) is 5.48. The highest BCUT2D eigenvalue weighted by Crippen LogP contribution is 2.25. The van der Waals surface area contributed by atoms with E-state index in [-0.39, 0.29) is 18.1 Å². The Morgan fingerprint density at radius 2 is 2.40 bits per heavy atom. The van der Waals surface area contributed by atoms with Crippen molar-refractivity contribution in [3.63, 3.8) is 0 Å². The van der Waals surface area contributed by atoms with Gasteiger partial charge in [-0.2, -0.15) is 11.8 Å². The number of hydrogen-bond acceptors (Lipinski definition) is 3. The van der Waals surface area contributed by atoms with E-state index in [1.54, 1.807) is 0 Å². The lowest BCUT2D eigenvalue weighted by molar-refractivity contribution is 0.0953. The first-order valence-corrected chi connectivity index (χ1v) is 7.54. The lowest BCUT2D eigenvalue weighted by Crippen LogP contribution is -2.30. The Labute approximate surface area is 122 Å². The van der Waals surface area contributed by atoms with Crippen molar-refractivity contribution >= 4 is 17.7 Å². The fourth-order valence-electron chi connectivity index (χ4n) is 2.06. The molecule has 1 amide bonds. The predicted octanol–water partition coefficient (Wildman–Crippen LogP) is 1.79. The number of thioether (sulfide) groups is 1. The zero-order valence-corrected chi connectivity index (χ0v) is 11.8. The summed E-state index contributed by atoms with van der Waals surface area (Å²) in [4.78, 5) is 12.1. The summed E-state index contributed by atoms with van der Waals surface area (Å²) >= 11 is 1.85. The van der Waals surface area contributed by atoms with Gasteiger partial charge in [0.05, 0.1) is 5.56 Å². The molecule has 1 aliphatic heterocycles. The van der Waals surface area contributed by atoms with E-state index in [0.717, 1.165) is 12.2 Å². The number of amides is 1. The lowest BCUT2D eigenvalue weighted by Gasteiger charge is -2.11. The van der Waals surface area contributed by atoms with Crippen LogP contribution in [-0.4, -0.2) is 35.2 Å². The second-order valence-electron chi connectivity index (χ2n) is 4.49. The summed E-state index contributed by atoms with van der Waals surface area (Å²) in [6, 6.07) is 3.89. The van der Waals surface area contributed by atoms with Crippen molar-refractivity contribution in [2.75, 3.05) is 18.9 Å². The van der Waals surface area contributed by atoms with E-state index in [1.165, 1.54) is 24.6 Å². The molecule has 3 nitrogen and oxygen atoms in total. The summed E-state index contributed by atoms with van der Waals surface area (Å²) in [5.41, 5.74) is 0.644. The van der Waals surface area contributed by atoms with E-state index in [4.69, 9.17) is 5.11 Å². The summed E-state index contributed by atoms with van der Waals surface area (Å²) in [6.07, 6.45) is 2.28. The fraction of sp³-hybridized carbons (Fsp3) is 0.400. The van der Waals surface area contributed by atoms with Gasteiger partial charge in [-0.1, -0.05) is 11.8 Å². The van der Waals surface area contributed by atoms with Gasteiger partial charge in [0, 0.05) is 17.4 Å². The second kappa shape index (κ2) is 7.32. The lowest BCUT2D eigenvalue weighted by atomic mass is 10.1. The molecule has 1 aliphatic rings. The van der Waals surface area contributed by atoms with Gasteiger partial charge in [0.1, 0.15) is 12.4 Å². The molecule has 0 spiro atoms. The molecule has 1 aromatic rings. The average molecular weight is 293 g/mol. The molecular formula is C15H16FNO2S. The highest BCUT2D eigenvalue weighted by molar-refractivity contribution is 8.00. The van der Waals surface area contributed by atoms with Crippen LogP contribution in [0.5, 0.6) is 0 Å². The van der Waals surface area contributed by atoms with Crippen molar-refractivity contribution in [3.8, 4) is 11.8 Å². The van der Waals surface area contributed by atoms with Crippen LogP contribution < -0.4 is 5.32 Å². The Morgan fingerprint density at radius 1 is 1.55 bits per heavy atom. The zero-order valence-electron chi connectivity index (χ0n) is 11.0. The van der Waals surface area contributed by atoms with Gasteiger partial charge in [-0.3, -0.25) is 4.79 Å². The third-order valence-electron chi connectivity index (χ3n) is 3.04. The van der Waals surface area contributed by atoms with Crippen LogP contribution >= 0.6 is 11.8 Å². The molecule has 1 unspecified atom stereocenters. The standard InChI is InChI=1S/C15H16FNO2S/c16-12-6-5-11(3-1-7-18)14(9-12)15(19)17-10-13-4-2-8-20-13/h5-6,9,13,18H,2,4,7-8,10H2,(H,17,19). The number of aliphatic hydroxyl groups is 1. The van der Waals surface area contributed by atoms with E-state index in [1.807, 2.05) is 11.8 Å². The molecule has 0 aliphatic carbocycles. The first kappa shape index (κ1) is 14.9. The zero-order chi connectivity index (χ0) is 14.4. The number of halogens is 1. The van der Waals surface area contributed by atoms with Crippen LogP contribution in [0.1, 0.15) is 28.8 Å². The summed E-state index contributed by atoms with van der Waals surface area (Å²) in [5, 5.41) is 12.0. The normalized spacial score (nSPS) is 17.4. The van der Waals surface area contributed by atoms with Crippen LogP contribution in [0.15, 0.2) is 18.2 Å². The fourth-order valence-corrected chi connectivity index (χ4v) is 3.26. The van der Waals surface area contributed by atoms with Crippen molar-refractivity contribution in [2.45, 2.75) is 18.1 Å². The topological polar surface area (TPSA) is 49.3 Å². The molecule has 1 fully saturated rings. The Morgan fingerprint density at radius 3 is 3.10 bits per heavy atom. The van der Waals surface area contributed by atoms with E-state index < -0.39 is 5.82 Å². The molecule has 5 heteroatoms. The third-order valence-corrected chi connectivity index (χ3v) is 4.44. The Bertz CT molecular complexity index is 545. The minimum absolute atomic E-state index is 0.217. The van der Waals surface area contributed by atoms with Gasteiger partial charge >= 0.3 is 0 Å². The SMILES string of the molecule is O=C(NCC1CCCS1)c1cc(F)ccc1C#CCO. The Kier molecular flexibility index (Phi) is 5.45. The van der Waals surface area contributed by atoms with Gasteiger partial charge in [0.15, 0.2) is 0 Å². The Hall–Kier alpha value is -1.51. The molecule has 1 aromatic carbocycles. The van der Waals surface area contributed by atoms with Gasteiger partial charge in [-0.15, -0.1) is 0 Å². The molecule has 0 saturated carbocycles. The summed E-state index contributed by atoms with van der Waals surface area (Å²) < 4.78 is 13.3. The quantitative estimate of drug-likeness (QED) is 0.836. The van der Waals surface area contributed by atoms with Crippen molar-refractivity contribution in [1.82, 2.24) is 5.32 Å². The van der Waals surface area contributed by atoms with Crippen LogP contribution in [-0.2, 0) is 0 Å². The van der Waals surface area contributed by atoms with Crippen LogP contribution in [0.2, 0.25) is 0 Å². The number of aliphatic hydroxyl groups excluding tert-OH is 1. The van der Waals surface area contributed by atoms with Gasteiger partial charge in [-0.25, -0.2) is 4.39 Å². The number of nitrogens with one attached hydrogen (secondary N) is 1. The second-order valence-corrected chi connectivity index (χ2v) is 5.90. The monoisotopic (exact) mass is 293 g/mol. The van der Waals surface area contributed by atoms with Gasteiger partial charge in [0.25, 0.3) is 5.91 Å². The first-order valence-electron chi connectivity index (χ1n) is 6.50. The maximum absolute atomic E-state index is 13.3. The summed E-state index contributed by atoms with van der Waals surface area (Å²) in [6.45, 7) is 0.296. The molecule has 1 heterocycles. The highest BCUT2D eigenvalue weighted by Gasteiger charge is 2.18. The summed E-state index contributed by atoms with van der Waals surface area (Å²) in [7, 11) is 0. The molecule has 2 rings (SSSR count).